The highest BCUT2D eigenvalue weighted by molar-refractivity contribution is 6.31. The predicted molar refractivity (Wildman–Crippen MR) is 112 cm³/mol. The van der Waals surface area contributed by atoms with Crippen LogP contribution in [-0.2, 0) is 0 Å². The molecule has 6 heteroatoms. The summed E-state index contributed by atoms with van der Waals surface area (Å²) in [5.74, 6) is -0.121. The molecular formula is C22H24ClN3O2. The minimum atomic E-state index is -0.195. The van der Waals surface area contributed by atoms with Crippen molar-refractivity contribution in [2.24, 2.45) is 0 Å². The van der Waals surface area contributed by atoms with E-state index in [0.29, 0.717) is 21.8 Å². The summed E-state index contributed by atoms with van der Waals surface area (Å²) in [6.45, 7) is 5.59. The highest BCUT2D eigenvalue weighted by atomic mass is 35.5. The third kappa shape index (κ3) is 3.24. The van der Waals surface area contributed by atoms with Gasteiger partial charge in [-0.1, -0.05) is 11.6 Å². The third-order valence-electron chi connectivity index (χ3n) is 5.65. The number of anilines is 2. The Balaban J connectivity index is 1.65. The van der Waals surface area contributed by atoms with Crippen molar-refractivity contribution in [3.63, 3.8) is 0 Å². The average molecular weight is 398 g/mol. The van der Waals surface area contributed by atoms with E-state index in [0.717, 1.165) is 43.6 Å². The lowest BCUT2D eigenvalue weighted by Crippen LogP contribution is -2.57. The largest absolute Gasteiger partial charge is 0.351 e. The lowest BCUT2D eigenvalue weighted by Gasteiger charge is -2.47. The molecule has 1 N–H and O–H groups in total. The molecule has 1 unspecified atom stereocenters. The molecule has 2 heterocycles. The molecule has 2 amide bonds. The number of nitrogens with zero attached hydrogens (tertiary/aromatic N) is 2. The van der Waals surface area contributed by atoms with Crippen LogP contribution in [0, 0.1) is 6.92 Å². The number of amides is 2. The van der Waals surface area contributed by atoms with Crippen molar-refractivity contribution in [1.82, 2.24) is 4.90 Å². The molecule has 0 saturated carbocycles. The summed E-state index contributed by atoms with van der Waals surface area (Å²) in [7, 11) is 0. The van der Waals surface area contributed by atoms with E-state index in [1.807, 2.05) is 24.0 Å². The summed E-state index contributed by atoms with van der Waals surface area (Å²) in [4.78, 5) is 30.0. The minimum Gasteiger partial charge on any atom is -0.351 e. The van der Waals surface area contributed by atoms with Gasteiger partial charge in [0.15, 0.2) is 0 Å². The fourth-order valence-corrected chi connectivity index (χ4v) is 4.31. The topological polar surface area (TPSA) is 52.7 Å². The Labute approximate surface area is 170 Å². The van der Waals surface area contributed by atoms with Gasteiger partial charge in [-0.25, -0.2) is 0 Å². The first-order valence-electron chi connectivity index (χ1n) is 9.78. The number of carbonyl (C=O) groups excluding carboxylic acids is 2. The second-order valence-corrected chi connectivity index (χ2v) is 7.82. The lowest BCUT2D eigenvalue weighted by atomic mass is 9.97. The smallest absolute Gasteiger partial charge is 0.257 e. The molecule has 2 aliphatic rings. The fourth-order valence-electron chi connectivity index (χ4n) is 4.19. The maximum absolute atomic E-state index is 12.9. The number of fused-ring (bicyclic) bond motifs is 2. The van der Waals surface area contributed by atoms with Crippen LogP contribution >= 0.6 is 11.6 Å². The number of rotatable bonds is 3. The fraction of sp³-hybridized carbons (Fsp3) is 0.364. The Morgan fingerprint density at radius 3 is 2.79 bits per heavy atom. The highest BCUT2D eigenvalue weighted by Gasteiger charge is 2.38. The molecule has 28 heavy (non-hydrogen) atoms. The number of carbonyl (C=O) groups is 2. The molecule has 0 aliphatic carbocycles. The Hall–Kier alpha value is -2.53. The summed E-state index contributed by atoms with van der Waals surface area (Å²) in [6.07, 6.45) is 3.24. The molecule has 2 aliphatic heterocycles. The summed E-state index contributed by atoms with van der Waals surface area (Å²) in [6, 6.07) is 10.8. The van der Waals surface area contributed by atoms with Crippen molar-refractivity contribution in [1.29, 1.82) is 0 Å². The van der Waals surface area contributed by atoms with Crippen LogP contribution in [0.25, 0.3) is 0 Å². The van der Waals surface area contributed by atoms with Gasteiger partial charge in [-0.3, -0.25) is 9.59 Å². The summed E-state index contributed by atoms with van der Waals surface area (Å²) >= 11 is 6.06. The van der Waals surface area contributed by atoms with E-state index in [4.69, 9.17) is 11.6 Å². The van der Waals surface area contributed by atoms with Gasteiger partial charge in [0.1, 0.15) is 6.17 Å². The van der Waals surface area contributed by atoms with Crippen LogP contribution in [-0.4, -0.2) is 36.0 Å². The number of halogens is 1. The molecule has 2 aromatic rings. The summed E-state index contributed by atoms with van der Waals surface area (Å²) in [5, 5.41) is 3.59. The number of hydrogen-bond donors (Lipinski definition) is 1. The number of piperidine rings is 1. The van der Waals surface area contributed by atoms with E-state index >= 15 is 0 Å². The zero-order valence-electron chi connectivity index (χ0n) is 16.2. The Morgan fingerprint density at radius 2 is 2.04 bits per heavy atom. The number of hydrogen-bond acceptors (Lipinski definition) is 3. The molecule has 5 nitrogen and oxygen atoms in total. The molecule has 1 fully saturated rings. The third-order valence-corrected chi connectivity index (χ3v) is 6.07. The molecule has 0 bridgehead atoms. The monoisotopic (exact) mass is 397 g/mol. The second-order valence-electron chi connectivity index (χ2n) is 7.41. The Morgan fingerprint density at radius 1 is 1.21 bits per heavy atom. The van der Waals surface area contributed by atoms with E-state index in [1.54, 1.807) is 24.3 Å². The zero-order chi connectivity index (χ0) is 19.8. The minimum absolute atomic E-state index is 0.0738. The van der Waals surface area contributed by atoms with Crippen LogP contribution in [0.3, 0.4) is 0 Å². The van der Waals surface area contributed by atoms with Crippen LogP contribution in [0.5, 0.6) is 0 Å². The van der Waals surface area contributed by atoms with Gasteiger partial charge >= 0.3 is 0 Å². The standard InChI is InChI=1S/C22H24ClN3O2/c1-3-25-19-13-15(21(27)24-16-8-10-18(23)14(2)12-16)7-9-17(19)22(28)26-11-5-4-6-20(25)26/h7-10,12-13,20H,3-6,11H2,1-2H3,(H,24,27). The second kappa shape index (κ2) is 7.47. The first-order valence-corrected chi connectivity index (χ1v) is 10.2. The van der Waals surface area contributed by atoms with Gasteiger partial charge in [0.2, 0.25) is 0 Å². The SMILES string of the molecule is CCN1c2cc(C(=O)Nc3ccc(Cl)c(C)c3)ccc2C(=O)N2CCCCC21. The van der Waals surface area contributed by atoms with Crippen molar-refractivity contribution >= 4 is 34.8 Å². The van der Waals surface area contributed by atoms with Crippen molar-refractivity contribution in [2.45, 2.75) is 39.3 Å². The molecule has 2 aromatic carbocycles. The zero-order valence-corrected chi connectivity index (χ0v) is 16.9. The van der Waals surface area contributed by atoms with E-state index < -0.39 is 0 Å². The predicted octanol–water partition coefficient (Wildman–Crippen LogP) is 4.69. The van der Waals surface area contributed by atoms with E-state index in [2.05, 4.69) is 17.1 Å². The van der Waals surface area contributed by atoms with Gasteiger partial charge in [-0.2, -0.15) is 0 Å². The van der Waals surface area contributed by atoms with E-state index in [-0.39, 0.29) is 18.0 Å². The molecule has 0 radical (unpaired) electrons. The number of nitrogens with one attached hydrogen (secondary N) is 1. The number of aryl methyl sites for hydroxylation is 1. The van der Waals surface area contributed by atoms with Crippen molar-refractivity contribution in [3.8, 4) is 0 Å². The van der Waals surface area contributed by atoms with Crippen molar-refractivity contribution < 1.29 is 9.59 Å². The molecule has 0 aromatic heterocycles. The first kappa shape index (κ1) is 18.8. The average Bonchev–Trinajstić information content (AvgIpc) is 2.71. The number of benzene rings is 2. The molecule has 4 rings (SSSR count). The van der Waals surface area contributed by atoms with Gasteiger partial charge in [-0.15, -0.1) is 0 Å². The van der Waals surface area contributed by atoms with Crippen LogP contribution in [0.15, 0.2) is 36.4 Å². The van der Waals surface area contributed by atoms with E-state index in [9.17, 15) is 9.59 Å². The first-order chi connectivity index (χ1) is 13.5. The van der Waals surface area contributed by atoms with Crippen LogP contribution in [0.2, 0.25) is 5.02 Å². The molecule has 0 spiro atoms. The van der Waals surface area contributed by atoms with Crippen molar-refractivity contribution in [2.75, 3.05) is 23.3 Å². The van der Waals surface area contributed by atoms with Crippen LogP contribution < -0.4 is 10.2 Å². The molecule has 1 saturated heterocycles. The van der Waals surface area contributed by atoms with Gasteiger partial charge in [0, 0.05) is 29.4 Å². The maximum Gasteiger partial charge on any atom is 0.257 e. The normalized spacial score (nSPS) is 18.5. The van der Waals surface area contributed by atoms with Gasteiger partial charge in [0.05, 0.1) is 11.3 Å². The Bertz CT molecular complexity index is 943. The molecular weight excluding hydrogens is 374 g/mol. The van der Waals surface area contributed by atoms with Gasteiger partial charge < -0.3 is 15.1 Å². The molecule has 146 valence electrons. The summed E-state index contributed by atoms with van der Waals surface area (Å²) < 4.78 is 0. The lowest BCUT2D eigenvalue weighted by molar-refractivity contribution is 0.0582. The van der Waals surface area contributed by atoms with Gasteiger partial charge in [0.25, 0.3) is 11.8 Å². The Kier molecular flexibility index (Phi) is 5.02. The quantitative estimate of drug-likeness (QED) is 0.817. The maximum atomic E-state index is 12.9. The van der Waals surface area contributed by atoms with Crippen LogP contribution in [0.4, 0.5) is 11.4 Å². The van der Waals surface area contributed by atoms with Crippen molar-refractivity contribution in [3.05, 3.63) is 58.1 Å². The molecule has 1 atom stereocenters. The van der Waals surface area contributed by atoms with Crippen LogP contribution in [0.1, 0.15) is 52.5 Å². The summed E-state index contributed by atoms with van der Waals surface area (Å²) in [5.41, 5.74) is 3.69. The highest BCUT2D eigenvalue weighted by Crippen LogP contribution is 2.35. The van der Waals surface area contributed by atoms with E-state index in [1.165, 1.54) is 0 Å². The van der Waals surface area contributed by atoms with Gasteiger partial charge in [-0.05, 0) is 75.1 Å².